The molecule has 3 heterocycles. The predicted molar refractivity (Wildman–Crippen MR) is 120 cm³/mol. The van der Waals surface area contributed by atoms with E-state index < -0.39 is 0 Å². The van der Waals surface area contributed by atoms with Crippen LogP contribution in [0, 0.1) is 20.8 Å². The predicted octanol–water partition coefficient (Wildman–Crippen LogP) is 4.78. The van der Waals surface area contributed by atoms with Gasteiger partial charge in [0.1, 0.15) is 16.6 Å². The maximum atomic E-state index is 13.0. The largest absolute Gasteiger partial charge is 0.361 e. The van der Waals surface area contributed by atoms with Crippen molar-refractivity contribution < 1.29 is 9.32 Å². The summed E-state index contributed by atoms with van der Waals surface area (Å²) >= 11 is 1.49. The smallest absolute Gasteiger partial charge is 0.259 e. The Kier molecular flexibility index (Phi) is 6.18. The van der Waals surface area contributed by atoms with Crippen LogP contribution in [0.1, 0.15) is 38.5 Å². The Morgan fingerprint density at radius 1 is 1.10 bits per heavy atom. The number of benzene rings is 1. The Hall–Kier alpha value is -3.39. The van der Waals surface area contributed by atoms with Gasteiger partial charge in [0.2, 0.25) is 0 Å². The van der Waals surface area contributed by atoms with E-state index in [4.69, 9.17) is 4.52 Å². The first-order chi connectivity index (χ1) is 15.0. The zero-order chi connectivity index (χ0) is 21.8. The fourth-order valence-corrected chi connectivity index (χ4v) is 4.29. The standard InChI is InChI=1S/C23H23N5O2S/c1-15-6-8-18(9-7-15)13-28-21(10-12-25-28)26-22(29)19-5-4-11-24-23(19)31-14-20-16(2)27-30-17(20)3/h4-12H,13-14H2,1-3H3,(H,26,29). The van der Waals surface area contributed by atoms with Gasteiger partial charge in [-0.15, -0.1) is 11.8 Å². The summed E-state index contributed by atoms with van der Waals surface area (Å²) in [7, 11) is 0. The molecule has 0 spiro atoms. The first kappa shape index (κ1) is 20.9. The lowest BCUT2D eigenvalue weighted by atomic mass is 10.1. The summed E-state index contributed by atoms with van der Waals surface area (Å²) in [5, 5.41) is 12.0. The van der Waals surface area contributed by atoms with E-state index >= 15 is 0 Å². The van der Waals surface area contributed by atoms with E-state index in [9.17, 15) is 4.79 Å². The molecule has 0 aliphatic carbocycles. The van der Waals surface area contributed by atoms with Gasteiger partial charge in [-0.1, -0.05) is 35.0 Å². The van der Waals surface area contributed by atoms with E-state index in [1.54, 1.807) is 35.3 Å². The molecule has 1 N–H and O–H groups in total. The summed E-state index contributed by atoms with van der Waals surface area (Å²) in [6, 6.07) is 13.6. The maximum Gasteiger partial charge on any atom is 0.259 e. The highest BCUT2D eigenvalue weighted by Gasteiger charge is 2.17. The van der Waals surface area contributed by atoms with Crippen molar-refractivity contribution in [1.29, 1.82) is 0 Å². The molecule has 0 saturated heterocycles. The van der Waals surface area contributed by atoms with E-state index in [0.717, 1.165) is 22.6 Å². The summed E-state index contributed by atoms with van der Waals surface area (Å²) in [6.45, 7) is 6.42. The molecule has 3 aromatic heterocycles. The van der Waals surface area contributed by atoms with Gasteiger partial charge in [0, 0.05) is 23.6 Å². The highest BCUT2D eigenvalue weighted by Crippen LogP contribution is 2.27. The number of aromatic nitrogens is 4. The molecule has 0 radical (unpaired) electrons. The van der Waals surface area contributed by atoms with Crippen LogP contribution in [0.25, 0.3) is 0 Å². The molecule has 0 unspecified atom stereocenters. The highest BCUT2D eigenvalue weighted by molar-refractivity contribution is 7.98. The third-order valence-electron chi connectivity index (χ3n) is 4.96. The molecule has 1 aromatic carbocycles. The number of nitrogens with zero attached hydrogens (tertiary/aromatic N) is 4. The second-order valence-corrected chi connectivity index (χ2v) is 8.23. The number of aryl methyl sites for hydroxylation is 3. The van der Waals surface area contributed by atoms with Crippen LogP contribution in [0.3, 0.4) is 0 Å². The number of anilines is 1. The summed E-state index contributed by atoms with van der Waals surface area (Å²) in [5.74, 6) is 1.83. The third kappa shape index (κ3) is 4.86. The third-order valence-corrected chi connectivity index (χ3v) is 5.99. The number of hydrogen-bond donors (Lipinski definition) is 1. The molecular weight excluding hydrogens is 410 g/mol. The Bertz CT molecular complexity index is 1180. The van der Waals surface area contributed by atoms with Gasteiger partial charge in [-0.2, -0.15) is 5.10 Å². The molecule has 0 saturated carbocycles. The van der Waals surface area contributed by atoms with E-state index in [0.29, 0.717) is 28.7 Å². The van der Waals surface area contributed by atoms with Gasteiger partial charge in [-0.3, -0.25) is 4.79 Å². The van der Waals surface area contributed by atoms with E-state index in [1.165, 1.54) is 17.3 Å². The molecule has 0 atom stereocenters. The van der Waals surface area contributed by atoms with Gasteiger partial charge in [-0.25, -0.2) is 9.67 Å². The van der Waals surface area contributed by atoms with Crippen LogP contribution >= 0.6 is 11.8 Å². The van der Waals surface area contributed by atoms with Crippen molar-refractivity contribution in [3.05, 3.63) is 88.6 Å². The Morgan fingerprint density at radius 2 is 1.90 bits per heavy atom. The number of thioether (sulfide) groups is 1. The number of pyridine rings is 1. The second-order valence-electron chi connectivity index (χ2n) is 7.26. The van der Waals surface area contributed by atoms with E-state index in [-0.39, 0.29) is 5.91 Å². The van der Waals surface area contributed by atoms with Gasteiger partial charge in [0.05, 0.1) is 24.0 Å². The number of carbonyl (C=O) groups excluding carboxylic acids is 1. The number of hydrogen-bond acceptors (Lipinski definition) is 6. The molecule has 0 bridgehead atoms. The van der Waals surface area contributed by atoms with Crippen LogP contribution in [-0.4, -0.2) is 25.8 Å². The first-order valence-electron chi connectivity index (χ1n) is 9.89. The normalized spacial score (nSPS) is 10.9. The van der Waals surface area contributed by atoms with Crippen LogP contribution in [0.15, 0.2) is 64.4 Å². The van der Waals surface area contributed by atoms with Crippen molar-refractivity contribution in [1.82, 2.24) is 19.9 Å². The SMILES string of the molecule is Cc1ccc(Cn2nccc2NC(=O)c2cccnc2SCc2c(C)noc2C)cc1. The average molecular weight is 434 g/mol. The summed E-state index contributed by atoms with van der Waals surface area (Å²) in [6.07, 6.45) is 3.37. The number of amides is 1. The summed E-state index contributed by atoms with van der Waals surface area (Å²) < 4.78 is 7.00. The Morgan fingerprint density at radius 3 is 2.65 bits per heavy atom. The summed E-state index contributed by atoms with van der Waals surface area (Å²) in [5.41, 5.74) is 4.71. The minimum atomic E-state index is -0.222. The van der Waals surface area contributed by atoms with Gasteiger partial charge in [0.25, 0.3) is 5.91 Å². The lowest BCUT2D eigenvalue weighted by molar-refractivity contribution is 0.102. The maximum absolute atomic E-state index is 13.0. The second kappa shape index (κ2) is 9.18. The van der Waals surface area contributed by atoms with Gasteiger partial charge >= 0.3 is 0 Å². The molecule has 4 rings (SSSR count). The number of carbonyl (C=O) groups is 1. The molecule has 31 heavy (non-hydrogen) atoms. The van der Waals surface area contributed by atoms with Crippen molar-refractivity contribution in [2.45, 2.75) is 38.1 Å². The Labute approximate surface area is 184 Å². The van der Waals surface area contributed by atoms with Crippen molar-refractivity contribution in [3.63, 3.8) is 0 Å². The molecule has 4 aromatic rings. The van der Waals surface area contributed by atoms with Crippen molar-refractivity contribution in [2.75, 3.05) is 5.32 Å². The van der Waals surface area contributed by atoms with Crippen molar-refractivity contribution in [2.24, 2.45) is 0 Å². The zero-order valence-corrected chi connectivity index (χ0v) is 18.4. The topological polar surface area (TPSA) is 85.8 Å². The molecule has 7 nitrogen and oxygen atoms in total. The van der Waals surface area contributed by atoms with Crippen LogP contribution in [0.4, 0.5) is 5.82 Å². The Balaban J connectivity index is 1.48. The average Bonchev–Trinajstić information content (AvgIpc) is 3.34. The van der Waals surface area contributed by atoms with Crippen LogP contribution in [0.5, 0.6) is 0 Å². The lowest BCUT2D eigenvalue weighted by Gasteiger charge is -2.11. The number of rotatable bonds is 7. The van der Waals surface area contributed by atoms with Crippen LogP contribution in [-0.2, 0) is 12.3 Å². The molecule has 0 aliphatic rings. The molecule has 0 fully saturated rings. The fraction of sp³-hybridized carbons (Fsp3) is 0.217. The van der Waals surface area contributed by atoms with Crippen LogP contribution < -0.4 is 5.32 Å². The quantitative estimate of drug-likeness (QED) is 0.422. The summed E-state index contributed by atoms with van der Waals surface area (Å²) in [4.78, 5) is 17.5. The van der Waals surface area contributed by atoms with Gasteiger partial charge in [0.15, 0.2) is 0 Å². The van der Waals surface area contributed by atoms with Crippen molar-refractivity contribution in [3.8, 4) is 0 Å². The number of nitrogens with one attached hydrogen (secondary N) is 1. The van der Waals surface area contributed by atoms with Gasteiger partial charge in [-0.05, 0) is 38.5 Å². The van der Waals surface area contributed by atoms with E-state index in [2.05, 4.69) is 51.7 Å². The molecule has 0 aliphatic heterocycles. The molecular formula is C23H23N5O2S. The fourth-order valence-electron chi connectivity index (χ4n) is 3.14. The minimum Gasteiger partial charge on any atom is -0.361 e. The molecule has 1 amide bonds. The molecule has 158 valence electrons. The molecule has 8 heteroatoms. The van der Waals surface area contributed by atoms with Crippen molar-refractivity contribution >= 4 is 23.5 Å². The minimum absolute atomic E-state index is 0.222. The zero-order valence-electron chi connectivity index (χ0n) is 17.6. The van der Waals surface area contributed by atoms with E-state index in [1.807, 2.05) is 13.8 Å². The first-order valence-corrected chi connectivity index (χ1v) is 10.9. The van der Waals surface area contributed by atoms with Crippen LogP contribution in [0.2, 0.25) is 0 Å². The lowest BCUT2D eigenvalue weighted by Crippen LogP contribution is -2.17. The monoisotopic (exact) mass is 433 g/mol. The highest BCUT2D eigenvalue weighted by atomic mass is 32.2. The van der Waals surface area contributed by atoms with Gasteiger partial charge < -0.3 is 9.84 Å².